The monoisotopic (exact) mass is 271 g/mol. The van der Waals surface area contributed by atoms with E-state index in [2.05, 4.69) is 17.1 Å². The predicted octanol–water partition coefficient (Wildman–Crippen LogP) is -0.567. The number of aliphatic carboxylic acids is 1. The number of hydrogen-bond donors (Lipinski definition) is 2. The minimum atomic E-state index is -0.835. The highest BCUT2D eigenvalue weighted by molar-refractivity contribution is 5.79. The Hall–Kier alpha value is -1.34. The van der Waals surface area contributed by atoms with Gasteiger partial charge in [-0.25, -0.2) is 4.79 Å². The van der Waals surface area contributed by atoms with E-state index in [1.54, 1.807) is 0 Å². The average Bonchev–Trinajstić information content (AvgIpc) is 2.34. The molecular formula is C12H21N3O4. The van der Waals surface area contributed by atoms with Gasteiger partial charge in [-0.1, -0.05) is 6.92 Å². The molecule has 2 fully saturated rings. The largest absolute Gasteiger partial charge is 0.481 e. The molecule has 1 unspecified atom stereocenters. The summed E-state index contributed by atoms with van der Waals surface area (Å²) in [6.07, 6.45) is 0.0224. The van der Waals surface area contributed by atoms with Gasteiger partial charge in [0.2, 0.25) is 0 Å². The topological polar surface area (TPSA) is 82.1 Å². The molecule has 1 atom stereocenters. The van der Waals surface area contributed by atoms with Crippen molar-refractivity contribution in [3.63, 3.8) is 0 Å². The Morgan fingerprint density at radius 3 is 2.74 bits per heavy atom. The van der Waals surface area contributed by atoms with Gasteiger partial charge in [0.15, 0.2) is 0 Å². The van der Waals surface area contributed by atoms with Gasteiger partial charge >= 0.3 is 12.0 Å². The average molecular weight is 271 g/mol. The molecule has 2 aliphatic heterocycles. The van der Waals surface area contributed by atoms with Crippen LogP contribution >= 0.6 is 0 Å². The molecule has 0 aliphatic carbocycles. The second kappa shape index (κ2) is 6.21. The number of ether oxygens (including phenoxy) is 1. The zero-order valence-electron chi connectivity index (χ0n) is 11.2. The maximum atomic E-state index is 11.7. The molecule has 2 saturated heterocycles. The number of likely N-dealkylation sites (N-methyl/N-ethyl adjacent to an activating group) is 1. The minimum Gasteiger partial charge on any atom is -0.481 e. The highest BCUT2D eigenvalue weighted by Gasteiger charge is 2.35. The Kier molecular flexibility index (Phi) is 4.60. The number of morpholine rings is 1. The number of nitrogens with one attached hydrogen (secondary N) is 1. The van der Waals surface area contributed by atoms with Crippen LogP contribution in [-0.4, -0.2) is 78.9 Å². The van der Waals surface area contributed by atoms with Crippen molar-refractivity contribution < 1.29 is 19.4 Å². The molecule has 0 bridgehead atoms. The van der Waals surface area contributed by atoms with E-state index in [1.165, 1.54) is 4.90 Å². The number of hydrogen-bond acceptors (Lipinski definition) is 4. The van der Waals surface area contributed by atoms with E-state index in [0.29, 0.717) is 26.2 Å². The number of carbonyl (C=O) groups excluding carboxylic acids is 1. The zero-order valence-corrected chi connectivity index (χ0v) is 11.2. The van der Waals surface area contributed by atoms with Crippen molar-refractivity contribution in [3.8, 4) is 0 Å². The normalized spacial score (nSPS) is 24.9. The van der Waals surface area contributed by atoms with Crippen LogP contribution in [0.25, 0.3) is 0 Å². The molecule has 0 aromatic carbocycles. The van der Waals surface area contributed by atoms with Crippen LogP contribution in [0.1, 0.15) is 6.92 Å². The minimum absolute atomic E-state index is 0.0224. The number of rotatable bonds is 4. The molecule has 108 valence electrons. The third-order valence-corrected chi connectivity index (χ3v) is 3.67. The Labute approximate surface area is 112 Å². The van der Waals surface area contributed by atoms with Crippen molar-refractivity contribution in [2.45, 2.75) is 13.0 Å². The molecular weight excluding hydrogens is 250 g/mol. The van der Waals surface area contributed by atoms with E-state index in [9.17, 15) is 9.59 Å². The lowest BCUT2D eigenvalue weighted by atomic mass is 10.0. The van der Waals surface area contributed by atoms with Gasteiger partial charge in [-0.15, -0.1) is 0 Å². The van der Waals surface area contributed by atoms with E-state index in [0.717, 1.165) is 19.6 Å². The summed E-state index contributed by atoms with van der Waals surface area (Å²) in [6, 6.07) is -0.199. The predicted molar refractivity (Wildman–Crippen MR) is 68.0 cm³/mol. The molecule has 2 rings (SSSR count). The molecule has 2 amide bonds. The number of amides is 2. The number of nitrogens with zero attached hydrogens (tertiary/aromatic N) is 2. The van der Waals surface area contributed by atoms with E-state index >= 15 is 0 Å². The van der Waals surface area contributed by atoms with E-state index in [1.807, 2.05) is 0 Å². The van der Waals surface area contributed by atoms with Crippen molar-refractivity contribution in [1.29, 1.82) is 0 Å². The first kappa shape index (κ1) is 14.1. The first-order valence-corrected chi connectivity index (χ1v) is 6.69. The third-order valence-electron chi connectivity index (χ3n) is 3.67. The van der Waals surface area contributed by atoms with Gasteiger partial charge < -0.3 is 20.1 Å². The molecule has 0 aromatic heterocycles. The number of carbonyl (C=O) groups is 2. The Morgan fingerprint density at radius 1 is 1.37 bits per heavy atom. The molecule has 0 saturated carbocycles. The van der Waals surface area contributed by atoms with Gasteiger partial charge in [0.05, 0.1) is 18.6 Å². The van der Waals surface area contributed by atoms with Crippen LogP contribution in [0.2, 0.25) is 0 Å². The first-order valence-electron chi connectivity index (χ1n) is 6.69. The lowest BCUT2D eigenvalue weighted by Crippen LogP contribution is -2.57. The SMILES string of the molecule is CCN1CCOC(CNC(=O)N2CC(C(=O)O)C2)C1. The van der Waals surface area contributed by atoms with Crippen LogP contribution in [0.4, 0.5) is 4.79 Å². The molecule has 0 aromatic rings. The smallest absolute Gasteiger partial charge is 0.317 e. The standard InChI is InChI=1S/C12H21N3O4/c1-2-14-3-4-19-10(8-14)5-13-12(18)15-6-9(7-15)11(16)17/h9-10H,2-8H2,1H3,(H,13,18)(H,16,17). The molecule has 7 nitrogen and oxygen atoms in total. The van der Waals surface area contributed by atoms with Crippen LogP contribution in [0.15, 0.2) is 0 Å². The Bertz CT molecular complexity index is 344. The quantitative estimate of drug-likeness (QED) is 0.716. The summed E-state index contributed by atoms with van der Waals surface area (Å²) in [7, 11) is 0. The van der Waals surface area contributed by atoms with Gasteiger partial charge in [-0.2, -0.15) is 0 Å². The van der Waals surface area contributed by atoms with Crippen LogP contribution < -0.4 is 5.32 Å². The second-order valence-electron chi connectivity index (χ2n) is 5.01. The summed E-state index contributed by atoms with van der Waals surface area (Å²) in [5.74, 6) is -1.24. The van der Waals surface area contributed by atoms with Crippen molar-refractivity contribution in [3.05, 3.63) is 0 Å². The van der Waals surface area contributed by atoms with E-state index in [4.69, 9.17) is 9.84 Å². The number of likely N-dealkylation sites (tertiary alicyclic amines) is 1. The van der Waals surface area contributed by atoms with Gasteiger partial charge in [-0.05, 0) is 6.54 Å². The fourth-order valence-electron chi connectivity index (χ4n) is 2.30. The fraction of sp³-hybridized carbons (Fsp3) is 0.833. The summed E-state index contributed by atoms with van der Waals surface area (Å²) < 4.78 is 5.58. The van der Waals surface area contributed by atoms with Crippen molar-refractivity contribution in [1.82, 2.24) is 15.1 Å². The molecule has 19 heavy (non-hydrogen) atoms. The number of carboxylic acids is 1. The van der Waals surface area contributed by atoms with Gasteiger partial charge in [0.25, 0.3) is 0 Å². The van der Waals surface area contributed by atoms with Crippen LogP contribution in [0.3, 0.4) is 0 Å². The molecule has 2 heterocycles. The molecule has 2 N–H and O–H groups in total. The number of carboxylic acid groups (broad SMARTS) is 1. The molecule has 7 heteroatoms. The zero-order chi connectivity index (χ0) is 13.8. The van der Waals surface area contributed by atoms with Gasteiger partial charge in [-0.3, -0.25) is 9.69 Å². The van der Waals surface area contributed by atoms with Crippen molar-refractivity contribution >= 4 is 12.0 Å². The number of urea groups is 1. The Morgan fingerprint density at radius 2 is 2.11 bits per heavy atom. The Balaban J connectivity index is 1.65. The molecule has 0 radical (unpaired) electrons. The highest BCUT2D eigenvalue weighted by atomic mass is 16.5. The highest BCUT2D eigenvalue weighted by Crippen LogP contribution is 2.15. The summed E-state index contributed by atoms with van der Waals surface area (Å²) in [4.78, 5) is 26.2. The maximum Gasteiger partial charge on any atom is 0.317 e. The lowest BCUT2D eigenvalue weighted by molar-refractivity contribution is -0.146. The summed E-state index contributed by atoms with van der Waals surface area (Å²) in [5, 5.41) is 11.5. The lowest BCUT2D eigenvalue weighted by Gasteiger charge is -2.37. The maximum absolute atomic E-state index is 11.7. The van der Waals surface area contributed by atoms with E-state index < -0.39 is 11.9 Å². The fourth-order valence-corrected chi connectivity index (χ4v) is 2.30. The second-order valence-corrected chi connectivity index (χ2v) is 5.01. The molecule has 2 aliphatic rings. The van der Waals surface area contributed by atoms with E-state index in [-0.39, 0.29) is 12.1 Å². The van der Waals surface area contributed by atoms with Crippen LogP contribution in [-0.2, 0) is 9.53 Å². The van der Waals surface area contributed by atoms with Crippen LogP contribution in [0, 0.1) is 5.92 Å². The summed E-state index contributed by atoms with van der Waals surface area (Å²) in [6.45, 7) is 6.62. The summed E-state index contributed by atoms with van der Waals surface area (Å²) >= 11 is 0. The van der Waals surface area contributed by atoms with Gasteiger partial charge in [0.1, 0.15) is 0 Å². The third kappa shape index (κ3) is 3.57. The van der Waals surface area contributed by atoms with Crippen LogP contribution in [0.5, 0.6) is 0 Å². The van der Waals surface area contributed by atoms with Crippen molar-refractivity contribution in [2.24, 2.45) is 5.92 Å². The van der Waals surface area contributed by atoms with Gasteiger partial charge in [0, 0.05) is 32.7 Å². The van der Waals surface area contributed by atoms with Crippen molar-refractivity contribution in [2.75, 3.05) is 45.9 Å². The first-order chi connectivity index (χ1) is 9.10. The molecule has 0 spiro atoms. The summed E-state index contributed by atoms with van der Waals surface area (Å²) in [5.41, 5.74) is 0.